The Morgan fingerprint density at radius 2 is 1.92 bits per heavy atom. The summed E-state index contributed by atoms with van der Waals surface area (Å²) < 4.78 is 0. The number of carbonyl (C=O) groups excluding carboxylic acids is 1. The Balaban J connectivity index is 1.87. The van der Waals surface area contributed by atoms with E-state index >= 15 is 0 Å². The molecule has 3 nitrogen and oxygen atoms in total. The molecule has 1 saturated heterocycles. The predicted molar refractivity (Wildman–Crippen MR) is 51.4 cm³/mol. The lowest BCUT2D eigenvalue weighted by Gasteiger charge is -2.33. The van der Waals surface area contributed by atoms with Gasteiger partial charge in [0.05, 0.1) is 6.54 Å². The Kier molecular flexibility index (Phi) is 2.83. The molecule has 1 heterocycles. The van der Waals surface area contributed by atoms with Gasteiger partial charge in [-0.1, -0.05) is 19.3 Å². The molecule has 74 valence electrons. The summed E-state index contributed by atoms with van der Waals surface area (Å²) in [6.07, 6.45) is 6.66. The van der Waals surface area contributed by atoms with Crippen LogP contribution < -0.4 is 10.6 Å². The van der Waals surface area contributed by atoms with Gasteiger partial charge in [0.15, 0.2) is 0 Å². The monoisotopic (exact) mass is 182 g/mol. The molecule has 1 amide bonds. The molecular formula is C10H18N2O. The minimum Gasteiger partial charge on any atom is -0.351 e. The first kappa shape index (κ1) is 9.00. The van der Waals surface area contributed by atoms with Gasteiger partial charge in [0, 0.05) is 12.6 Å². The topological polar surface area (TPSA) is 41.1 Å². The van der Waals surface area contributed by atoms with Crippen LogP contribution in [0.25, 0.3) is 0 Å². The Labute approximate surface area is 79.3 Å². The number of hydrogen-bond donors (Lipinski definition) is 2. The fraction of sp³-hybridized carbons (Fsp3) is 0.900. The van der Waals surface area contributed by atoms with Gasteiger partial charge in [-0.05, 0) is 18.8 Å². The zero-order chi connectivity index (χ0) is 9.10. The summed E-state index contributed by atoms with van der Waals surface area (Å²) in [7, 11) is 0. The number of piperazine rings is 1. The van der Waals surface area contributed by atoms with E-state index in [1.807, 2.05) is 0 Å². The van der Waals surface area contributed by atoms with E-state index in [2.05, 4.69) is 10.6 Å². The molecule has 2 rings (SSSR count). The summed E-state index contributed by atoms with van der Waals surface area (Å²) in [6, 6.07) is 0.404. The normalized spacial score (nSPS) is 31.4. The van der Waals surface area contributed by atoms with E-state index < -0.39 is 0 Å². The van der Waals surface area contributed by atoms with Gasteiger partial charge in [-0.2, -0.15) is 0 Å². The Hall–Kier alpha value is -0.570. The van der Waals surface area contributed by atoms with Gasteiger partial charge in [-0.25, -0.2) is 0 Å². The zero-order valence-electron chi connectivity index (χ0n) is 8.01. The summed E-state index contributed by atoms with van der Waals surface area (Å²) in [4.78, 5) is 11.1. The number of rotatable bonds is 1. The van der Waals surface area contributed by atoms with Crippen LogP contribution in [-0.2, 0) is 4.79 Å². The number of amides is 1. The van der Waals surface area contributed by atoms with Crippen molar-refractivity contribution in [1.29, 1.82) is 0 Å². The molecule has 2 fully saturated rings. The Bertz CT molecular complexity index is 187. The predicted octanol–water partition coefficient (Wildman–Crippen LogP) is 0.655. The summed E-state index contributed by atoms with van der Waals surface area (Å²) in [5, 5.41) is 6.25. The number of nitrogens with one attached hydrogen (secondary N) is 2. The van der Waals surface area contributed by atoms with Crippen molar-refractivity contribution in [3.63, 3.8) is 0 Å². The highest BCUT2D eigenvalue weighted by Gasteiger charge is 2.27. The molecular weight excluding hydrogens is 164 g/mol. The zero-order valence-corrected chi connectivity index (χ0v) is 8.01. The third-order valence-electron chi connectivity index (χ3n) is 3.22. The molecule has 0 aromatic rings. The van der Waals surface area contributed by atoms with Crippen molar-refractivity contribution in [2.75, 3.05) is 13.1 Å². The van der Waals surface area contributed by atoms with Crippen molar-refractivity contribution in [1.82, 2.24) is 10.6 Å². The maximum absolute atomic E-state index is 11.1. The van der Waals surface area contributed by atoms with Crippen LogP contribution in [0, 0.1) is 5.92 Å². The van der Waals surface area contributed by atoms with Gasteiger partial charge < -0.3 is 10.6 Å². The van der Waals surface area contributed by atoms with E-state index in [-0.39, 0.29) is 5.91 Å². The van der Waals surface area contributed by atoms with Gasteiger partial charge in [-0.15, -0.1) is 0 Å². The average Bonchev–Trinajstić information content (AvgIpc) is 2.19. The standard InChI is InChI=1S/C10H18N2O/c13-10-7-11-6-9(12-10)8-4-2-1-3-5-8/h8-9,11H,1-7H2,(H,12,13). The van der Waals surface area contributed by atoms with Gasteiger partial charge in [0.2, 0.25) is 5.91 Å². The first-order valence-electron chi connectivity index (χ1n) is 5.36. The van der Waals surface area contributed by atoms with Crippen LogP contribution in [-0.4, -0.2) is 25.0 Å². The van der Waals surface area contributed by atoms with Gasteiger partial charge in [0.25, 0.3) is 0 Å². The molecule has 1 unspecified atom stereocenters. The fourth-order valence-electron chi connectivity index (χ4n) is 2.47. The molecule has 13 heavy (non-hydrogen) atoms. The van der Waals surface area contributed by atoms with Crippen LogP contribution in [0.2, 0.25) is 0 Å². The number of carbonyl (C=O) groups is 1. The molecule has 1 aliphatic carbocycles. The van der Waals surface area contributed by atoms with Gasteiger partial charge >= 0.3 is 0 Å². The second-order valence-electron chi connectivity index (χ2n) is 4.20. The minimum absolute atomic E-state index is 0.168. The van der Waals surface area contributed by atoms with Crippen molar-refractivity contribution in [2.45, 2.75) is 38.1 Å². The van der Waals surface area contributed by atoms with E-state index in [4.69, 9.17) is 0 Å². The lowest BCUT2D eigenvalue weighted by Crippen LogP contribution is -2.55. The van der Waals surface area contributed by atoms with E-state index in [1.165, 1.54) is 32.1 Å². The highest BCUT2D eigenvalue weighted by Crippen LogP contribution is 2.26. The van der Waals surface area contributed by atoms with Crippen molar-refractivity contribution >= 4 is 5.91 Å². The van der Waals surface area contributed by atoms with E-state index in [1.54, 1.807) is 0 Å². The lowest BCUT2D eigenvalue weighted by molar-refractivity contribution is -0.122. The average molecular weight is 182 g/mol. The summed E-state index contributed by atoms with van der Waals surface area (Å²) in [6.45, 7) is 1.47. The maximum Gasteiger partial charge on any atom is 0.234 e. The van der Waals surface area contributed by atoms with Crippen molar-refractivity contribution in [3.8, 4) is 0 Å². The summed E-state index contributed by atoms with van der Waals surface area (Å²) >= 11 is 0. The SMILES string of the molecule is O=C1CNCC(C2CCCCC2)N1. The van der Waals surface area contributed by atoms with Crippen molar-refractivity contribution in [3.05, 3.63) is 0 Å². The van der Waals surface area contributed by atoms with Crippen LogP contribution in [0.3, 0.4) is 0 Å². The second-order valence-corrected chi connectivity index (χ2v) is 4.20. The molecule has 1 saturated carbocycles. The molecule has 1 aliphatic heterocycles. The molecule has 3 heteroatoms. The minimum atomic E-state index is 0.168. The summed E-state index contributed by atoms with van der Waals surface area (Å²) in [5.41, 5.74) is 0. The van der Waals surface area contributed by atoms with Gasteiger partial charge in [0.1, 0.15) is 0 Å². The third-order valence-corrected chi connectivity index (χ3v) is 3.22. The molecule has 0 radical (unpaired) electrons. The van der Waals surface area contributed by atoms with Crippen molar-refractivity contribution in [2.24, 2.45) is 5.92 Å². The molecule has 0 spiro atoms. The van der Waals surface area contributed by atoms with Gasteiger partial charge in [-0.3, -0.25) is 4.79 Å². The third kappa shape index (κ3) is 2.21. The second kappa shape index (κ2) is 4.09. The summed E-state index contributed by atoms with van der Waals surface area (Å²) in [5.74, 6) is 0.896. The van der Waals surface area contributed by atoms with Crippen LogP contribution in [0.5, 0.6) is 0 Å². The van der Waals surface area contributed by atoms with E-state index in [0.717, 1.165) is 12.5 Å². The maximum atomic E-state index is 11.1. The molecule has 0 bridgehead atoms. The van der Waals surface area contributed by atoms with Crippen LogP contribution in [0.15, 0.2) is 0 Å². The fourth-order valence-corrected chi connectivity index (χ4v) is 2.47. The highest BCUT2D eigenvalue weighted by atomic mass is 16.2. The van der Waals surface area contributed by atoms with E-state index in [9.17, 15) is 4.79 Å². The van der Waals surface area contributed by atoms with E-state index in [0.29, 0.717) is 12.6 Å². The first-order valence-corrected chi connectivity index (χ1v) is 5.36. The number of hydrogen-bond acceptors (Lipinski definition) is 2. The molecule has 0 aromatic heterocycles. The molecule has 2 N–H and O–H groups in total. The quantitative estimate of drug-likeness (QED) is 0.625. The lowest BCUT2D eigenvalue weighted by atomic mass is 9.83. The van der Waals surface area contributed by atoms with Crippen LogP contribution in [0.4, 0.5) is 0 Å². The Morgan fingerprint density at radius 1 is 1.15 bits per heavy atom. The van der Waals surface area contributed by atoms with Crippen molar-refractivity contribution < 1.29 is 4.79 Å². The smallest absolute Gasteiger partial charge is 0.234 e. The molecule has 2 aliphatic rings. The van der Waals surface area contributed by atoms with Crippen LogP contribution in [0.1, 0.15) is 32.1 Å². The largest absolute Gasteiger partial charge is 0.351 e. The Morgan fingerprint density at radius 3 is 2.62 bits per heavy atom. The highest BCUT2D eigenvalue weighted by molar-refractivity contribution is 5.79. The molecule has 0 aromatic carbocycles. The first-order chi connectivity index (χ1) is 6.36. The molecule has 1 atom stereocenters. The van der Waals surface area contributed by atoms with Crippen LogP contribution >= 0.6 is 0 Å².